The number of halogens is 5. The number of rotatable bonds is 1. The van der Waals surface area contributed by atoms with Gasteiger partial charge in [0.05, 0.1) is 12.5 Å². The molecule has 0 amide bonds. The monoisotopic (exact) mass is 247 g/mol. The normalized spacial score (nSPS) is 10.8. The van der Waals surface area contributed by atoms with Crippen molar-refractivity contribution in [3.8, 4) is 12.1 Å². The van der Waals surface area contributed by atoms with Crippen molar-refractivity contribution in [3.05, 3.63) is 28.6 Å². The fourth-order valence-corrected chi connectivity index (χ4v) is 1.18. The van der Waals surface area contributed by atoms with Gasteiger partial charge in [-0.25, -0.2) is 9.37 Å². The van der Waals surface area contributed by atoms with E-state index >= 15 is 0 Å². The third-order valence-electron chi connectivity index (χ3n) is 1.83. The van der Waals surface area contributed by atoms with E-state index in [9.17, 15) is 22.0 Å². The van der Waals surface area contributed by atoms with Gasteiger partial charge < -0.3 is 0 Å². The van der Waals surface area contributed by atoms with E-state index in [0.717, 1.165) is 6.07 Å². The molecule has 88 valence electrons. The van der Waals surface area contributed by atoms with E-state index in [2.05, 4.69) is 4.98 Å². The van der Waals surface area contributed by atoms with E-state index in [0.29, 0.717) is 0 Å². The molecule has 0 N–H and O–H groups in total. The third-order valence-corrected chi connectivity index (χ3v) is 1.83. The number of alkyl halides is 3. The first kappa shape index (κ1) is 12.8. The van der Waals surface area contributed by atoms with E-state index in [-0.39, 0.29) is 0 Å². The zero-order valence-corrected chi connectivity index (χ0v) is 7.94. The molecule has 0 aliphatic rings. The molecule has 0 saturated heterocycles. The fourth-order valence-electron chi connectivity index (χ4n) is 1.18. The van der Waals surface area contributed by atoms with Crippen molar-refractivity contribution in [1.82, 2.24) is 4.98 Å². The molecule has 1 rings (SSSR count). The van der Waals surface area contributed by atoms with Crippen molar-refractivity contribution in [2.45, 2.75) is 12.6 Å². The molecule has 0 spiro atoms. The standard InChI is InChI=1S/C9H2F5N3/c10-7-5(3-16)17-8(11)4(1-2-15)6(7)9(12,13)14/h1H2. The summed E-state index contributed by atoms with van der Waals surface area (Å²) in [6.07, 6.45) is -6.19. The fraction of sp³-hybridized carbons (Fsp3) is 0.222. The van der Waals surface area contributed by atoms with Crippen LogP contribution in [0.25, 0.3) is 0 Å². The quantitative estimate of drug-likeness (QED) is 0.565. The number of hydrogen-bond acceptors (Lipinski definition) is 3. The second-order valence-corrected chi connectivity index (χ2v) is 2.86. The number of hydrogen-bond donors (Lipinski definition) is 0. The summed E-state index contributed by atoms with van der Waals surface area (Å²) in [6, 6.07) is 2.28. The van der Waals surface area contributed by atoms with E-state index < -0.39 is 41.2 Å². The van der Waals surface area contributed by atoms with Crippen LogP contribution in [-0.2, 0) is 12.6 Å². The maximum atomic E-state index is 13.3. The average molecular weight is 247 g/mol. The van der Waals surface area contributed by atoms with Crippen LogP contribution < -0.4 is 0 Å². The Hall–Kier alpha value is -2.22. The summed E-state index contributed by atoms with van der Waals surface area (Å²) in [6.45, 7) is 0. The predicted molar refractivity (Wildman–Crippen MR) is 43.2 cm³/mol. The molecule has 1 aromatic rings. The summed E-state index contributed by atoms with van der Waals surface area (Å²) in [5, 5.41) is 16.6. The SMILES string of the molecule is N#CCc1c(F)nc(C#N)c(F)c1C(F)(F)F. The van der Waals surface area contributed by atoms with Crippen LogP contribution in [0.15, 0.2) is 0 Å². The summed E-state index contributed by atoms with van der Waals surface area (Å²) in [5.74, 6) is -3.64. The Morgan fingerprint density at radius 2 is 1.76 bits per heavy atom. The Labute approximate surface area is 91.7 Å². The Kier molecular flexibility index (Phi) is 3.28. The minimum atomic E-state index is -5.20. The lowest BCUT2D eigenvalue weighted by atomic mass is 10.0. The molecule has 0 aromatic carbocycles. The lowest BCUT2D eigenvalue weighted by molar-refractivity contribution is -0.140. The zero-order valence-electron chi connectivity index (χ0n) is 7.94. The van der Waals surface area contributed by atoms with Crippen LogP contribution in [0.1, 0.15) is 16.8 Å². The van der Waals surface area contributed by atoms with E-state index in [4.69, 9.17) is 10.5 Å². The second-order valence-electron chi connectivity index (χ2n) is 2.86. The van der Waals surface area contributed by atoms with Gasteiger partial charge in [-0.15, -0.1) is 0 Å². The van der Waals surface area contributed by atoms with Crippen LogP contribution in [0.3, 0.4) is 0 Å². The molecule has 0 aliphatic heterocycles. The molecule has 3 nitrogen and oxygen atoms in total. The van der Waals surface area contributed by atoms with Gasteiger partial charge in [0.15, 0.2) is 11.5 Å². The molecule has 1 aromatic heterocycles. The van der Waals surface area contributed by atoms with Crippen molar-refractivity contribution < 1.29 is 22.0 Å². The molecule has 0 saturated carbocycles. The lowest BCUT2D eigenvalue weighted by Crippen LogP contribution is -2.17. The van der Waals surface area contributed by atoms with Crippen LogP contribution in [0, 0.1) is 34.4 Å². The minimum absolute atomic E-state index is 0.990. The number of aromatic nitrogens is 1. The molecular formula is C9H2F5N3. The first-order valence-electron chi connectivity index (χ1n) is 4.05. The van der Waals surface area contributed by atoms with Crippen molar-refractivity contribution in [3.63, 3.8) is 0 Å². The van der Waals surface area contributed by atoms with Crippen molar-refractivity contribution >= 4 is 0 Å². The van der Waals surface area contributed by atoms with Gasteiger partial charge in [-0.2, -0.15) is 28.1 Å². The highest BCUT2D eigenvalue weighted by atomic mass is 19.4. The van der Waals surface area contributed by atoms with Gasteiger partial charge in [0, 0.05) is 5.56 Å². The van der Waals surface area contributed by atoms with Gasteiger partial charge in [-0.05, 0) is 0 Å². The van der Waals surface area contributed by atoms with Crippen molar-refractivity contribution in [1.29, 1.82) is 10.5 Å². The number of nitrogens with zero attached hydrogens (tertiary/aromatic N) is 3. The summed E-state index contributed by atoms with van der Waals surface area (Å²) in [4.78, 5) is 2.73. The molecule has 0 aliphatic carbocycles. The number of pyridine rings is 1. The summed E-state index contributed by atoms with van der Waals surface area (Å²) >= 11 is 0. The largest absolute Gasteiger partial charge is 0.419 e. The van der Waals surface area contributed by atoms with Gasteiger partial charge in [0.2, 0.25) is 5.95 Å². The maximum absolute atomic E-state index is 13.3. The van der Waals surface area contributed by atoms with Gasteiger partial charge in [-0.3, -0.25) is 0 Å². The van der Waals surface area contributed by atoms with Crippen LogP contribution in [-0.4, -0.2) is 4.98 Å². The maximum Gasteiger partial charge on any atom is 0.419 e. The highest BCUT2D eigenvalue weighted by Crippen LogP contribution is 2.35. The van der Waals surface area contributed by atoms with Gasteiger partial charge in [-0.1, -0.05) is 0 Å². The van der Waals surface area contributed by atoms with Crippen LogP contribution in [0.4, 0.5) is 22.0 Å². The summed E-state index contributed by atoms with van der Waals surface area (Å²) in [7, 11) is 0. The Morgan fingerprint density at radius 3 is 2.18 bits per heavy atom. The molecule has 1 heterocycles. The first-order chi connectivity index (χ1) is 7.82. The van der Waals surface area contributed by atoms with Crippen LogP contribution >= 0.6 is 0 Å². The average Bonchev–Trinajstić information content (AvgIpc) is 2.21. The van der Waals surface area contributed by atoms with Gasteiger partial charge in [0.1, 0.15) is 11.6 Å². The molecule has 0 bridgehead atoms. The highest BCUT2D eigenvalue weighted by molar-refractivity contribution is 5.38. The zero-order chi connectivity index (χ0) is 13.2. The third kappa shape index (κ3) is 2.31. The Balaban J connectivity index is 3.69. The molecule has 17 heavy (non-hydrogen) atoms. The molecule has 0 radical (unpaired) electrons. The molecule has 0 atom stereocenters. The Morgan fingerprint density at radius 1 is 1.18 bits per heavy atom. The minimum Gasteiger partial charge on any atom is -0.205 e. The molecule has 8 heteroatoms. The van der Waals surface area contributed by atoms with E-state index in [1.54, 1.807) is 0 Å². The summed E-state index contributed by atoms with van der Waals surface area (Å²) in [5.41, 5.74) is -4.45. The second kappa shape index (κ2) is 4.34. The topological polar surface area (TPSA) is 60.5 Å². The molecule has 0 unspecified atom stereocenters. The van der Waals surface area contributed by atoms with Gasteiger partial charge in [0.25, 0.3) is 0 Å². The van der Waals surface area contributed by atoms with E-state index in [1.807, 2.05) is 0 Å². The highest BCUT2D eigenvalue weighted by Gasteiger charge is 2.40. The van der Waals surface area contributed by atoms with Crippen LogP contribution in [0.2, 0.25) is 0 Å². The van der Waals surface area contributed by atoms with Gasteiger partial charge >= 0.3 is 6.18 Å². The van der Waals surface area contributed by atoms with Crippen molar-refractivity contribution in [2.24, 2.45) is 0 Å². The van der Waals surface area contributed by atoms with Crippen molar-refractivity contribution in [2.75, 3.05) is 0 Å². The number of nitriles is 2. The van der Waals surface area contributed by atoms with Crippen LogP contribution in [0.5, 0.6) is 0 Å². The molecule has 0 fully saturated rings. The smallest absolute Gasteiger partial charge is 0.205 e. The predicted octanol–water partition coefficient (Wildman–Crippen LogP) is 2.32. The summed E-state index contributed by atoms with van der Waals surface area (Å²) < 4.78 is 63.8. The Bertz CT molecular complexity index is 536. The first-order valence-corrected chi connectivity index (χ1v) is 4.05. The van der Waals surface area contributed by atoms with E-state index in [1.165, 1.54) is 6.07 Å². The lowest BCUT2D eigenvalue weighted by Gasteiger charge is -2.12. The molecular weight excluding hydrogens is 245 g/mol.